The number of sulfonamides is 1. The highest BCUT2D eigenvalue weighted by Crippen LogP contribution is 2.36. The third kappa shape index (κ3) is 2.64. The largest absolute Gasteiger partial charge is 0.497 e. The van der Waals surface area contributed by atoms with Crippen molar-refractivity contribution in [1.82, 2.24) is 0 Å². The molecule has 0 aromatic heterocycles. The lowest BCUT2D eigenvalue weighted by atomic mass is 10.3. The molecule has 2 rings (SSSR count). The fourth-order valence-electron chi connectivity index (χ4n) is 1.69. The van der Waals surface area contributed by atoms with Gasteiger partial charge in [0.25, 0.3) is 10.0 Å². The van der Waals surface area contributed by atoms with Crippen molar-refractivity contribution in [2.24, 2.45) is 0 Å². The Morgan fingerprint density at radius 3 is 2.94 bits per heavy atom. The molecule has 0 radical (unpaired) electrons. The maximum absolute atomic E-state index is 11.9. The lowest BCUT2D eigenvalue weighted by Gasteiger charge is -2.27. The number of alkyl halides is 1. The highest BCUT2D eigenvalue weighted by atomic mass is 35.5. The first kappa shape index (κ1) is 13.3. The summed E-state index contributed by atoms with van der Waals surface area (Å²) in [7, 11) is -1.96. The van der Waals surface area contributed by atoms with E-state index in [0.717, 1.165) is 0 Å². The summed E-state index contributed by atoms with van der Waals surface area (Å²) in [5.74, 6) is 1.50. The minimum absolute atomic E-state index is 0.357. The number of hydrogen-bond donors (Lipinski definition) is 1. The van der Waals surface area contributed by atoms with Gasteiger partial charge in [0.2, 0.25) is 5.44 Å². The second-order valence-corrected chi connectivity index (χ2v) is 6.09. The number of benzene rings is 1. The van der Waals surface area contributed by atoms with Gasteiger partial charge < -0.3 is 9.47 Å². The van der Waals surface area contributed by atoms with Gasteiger partial charge in [0, 0.05) is 18.4 Å². The standard InChI is InChI=1S/C11H14ClNO4S/c1-16-8-4-5-9-10(7-8)17-11(3-2-6-12)18(14,15)13-9/h4-5,7,11,13H,2-3,6H2,1H3. The zero-order valence-electron chi connectivity index (χ0n) is 9.85. The normalized spacial score (nSPS) is 20.4. The van der Waals surface area contributed by atoms with Gasteiger partial charge in [-0.25, -0.2) is 8.42 Å². The van der Waals surface area contributed by atoms with Crippen LogP contribution in [-0.4, -0.2) is 26.8 Å². The second kappa shape index (κ2) is 5.24. The van der Waals surface area contributed by atoms with Crippen LogP contribution in [-0.2, 0) is 10.0 Å². The van der Waals surface area contributed by atoms with Crippen LogP contribution in [0.2, 0.25) is 0 Å². The highest BCUT2D eigenvalue weighted by molar-refractivity contribution is 7.93. The molecule has 7 heteroatoms. The van der Waals surface area contributed by atoms with E-state index >= 15 is 0 Å². The molecule has 0 saturated heterocycles. The third-order valence-electron chi connectivity index (χ3n) is 2.62. The third-order valence-corrected chi connectivity index (χ3v) is 4.41. The number of rotatable bonds is 4. The molecule has 0 spiro atoms. The van der Waals surface area contributed by atoms with E-state index in [1.807, 2.05) is 0 Å². The van der Waals surface area contributed by atoms with E-state index in [-0.39, 0.29) is 0 Å². The molecule has 100 valence electrons. The Bertz CT molecular complexity index is 532. The molecule has 1 aromatic carbocycles. The van der Waals surface area contributed by atoms with Gasteiger partial charge in [-0.2, -0.15) is 0 Å². The first-order valence-corrected chi connectivity index (χ1v) is 7.57. The van der Waals surface area contributed by atoms with Crippen molar-refractivity contribution in [2.45, 2.75) is 18.3 Å². The molecule has 1 aliphatic rings. The van der Waals surface area contributed by atoms with Gasteiger partial charge in [-0.3, -0.25) is 4.72 Å². The number of fused-ring (bicyclic) bond motifs is 1. The van der Waals surface area contributed by atoms with Gasteiger partial charge in [0.05, 0.1) is 12.8 Å². The number of anilines is 1. The summed E-state index contributed by atoms with van der Waals surface area (Å²) in [6, 6.07) is 4.94. The van der Waals surface area contributed by atoms with E-state index in [1.54, 1.807) is 25.3 Å². The Kier molecular flexibility index (Phi) is 3.87. The molecule has 0 aliphatic carbocycles. The zero-order valence-corrected chi connectivity index (χ0v) is 11.4. The molecule has 1 atom stereocenters. The molecule has 1 N–H and O–H groups in total. The Labute approximate surface area is 111 Å². The van der Waals surface area contributed by atoms with Crippen LogP contribution in [0.5, 0.6) is 11.5 Å². The number of hydrogen-bond acceptors (Lipinski definition) is 4. The minimum atomic E-state index is -3.50. The van der Waals surface area contributed by atoms with Gasteiger partial charge in [-0.05, 0) is 18.6 Å². The zero-order chi connectivity index (χ0) is 13.2. The van der Waals surface area contributed by atoms with E-state index < -0.39 is 15.5 Å². The van der Waals surface area contributed by atoms with Crippen LogP contribution in [0.1, 0.15) is 12.8 Å². The lowest BCUT2D eigenvalue weighted by Crippen LogP contribution is -2.36. The number of halogens is 1. The fourth-order valence-corrected chi connectivity index (χ4v) is 3.16. The Morgan fingerprint density at radius 1 is 1.50 bits per heavy atom. The summed E-state index contributed by atoms with van der Waals surface area (Å²) < 4.78 is 36.9. The summed E-state index contributed by atoms with van der Waals surface area (Å²) in [5.41, 5.74) is -0.478. The van der Waals surface area contributed by atoms with Crippen molar-refractivity contribution in [1.29, 1.82) is 0 Å². The Morgan fingerprint density at radius 2 is 2.28 bits per heavy atom. The first-order valence-electron chi connectivity index (χ1n) is 5.49. The van der Waals surface area contributed by atoms with Crippen molar-refractivity contribution in [3.8, 4) is 11.5 Å². The van der Waals surface area contributed by atoms with Gasteiger partial charge >= 0.3 is 0 Å². The maximum atomic E-state index is 11.9. The van der Waals surface area contributed by atoms with Crippen LogP contribution in [0.25, 0.3) is 0 Å². The summed E-state index contributed by atoms with van der Waals surface area (Å²) in [5, 5.41) is 0. The molecule has 1 heterocycles. The van der Waals surface area contributed by atoms with Gasteiger partial charge in [0.1, 0.15) is 11.5 Å². The fraction of sp³-hybridized carbons (Fsp3) is 0.455. The van der Waals surface area contributed by atoms with Gasteiger partial charge in [-0.1, -0.05) is 0 Å². The van der Waals surface area contributed by atoms with Crippen LogP contribution in [0.3, 0.4) is 0 Å². The van der Waals surface area contributed by atoms with Crippen LogP contribution in [0.15, 0.2) is 18.2 Å². The van der Waals surface area contributed by atoms with Crippen molar-refractivity contribution in [3.05, 3.63) is 18.2 Å². The molecule has 1 unspecified atom stereocenters. The first-order chi connectivity index (χ1) is 8.56. The van der Waals surface area contributed by atoms with Crippen molar-refractivity contribution in [2.75, 3.05) is 17.7 Å². The van der Waals surface area contributed by atoms with Crippen LogP contribution in [0.4, 0.5) is 5.69 Å². The topological polar surface area (TPSA) is 64.6 Å². The summed E-state index contributed by atoms with van der Waals surface area (Å²) >= 11 is 5.57. The minimum Gasteiger partial charge on any atom is -0.497 e. The molecule has 0 amide bonds. The van der Waals surface area contributed by atoms with E-state index in [1.165, 1.54) is 0 Å². The average Bonchev–Trinajstić information content (AvgIpc) is 2.35. The smallest absolute Gasteiger partial charge is 0.271 e. The summed E-state index contributed by atoms with van der Waals surface area (Å²) in [4.78, 5) is 0. The number of ether oxygens (including phenoxy) is 2. The molecule has 5 nitrogen and oxygen atoms in total. The second-order valence-electron chi connectivity index (χ2n) is 3.89. The van der Waals surface area contributed by atoms with Crippen LogP contribution >= 0.6 is 11.6 Å². The predicted molar refractivity (Wildman–Crippen MR) is 69.9 cm³/mol. The molecule has 1 aliphatic heterocycles. The Balaban J connectivity index is 2.28. The van der Waals surface area contributed by atoms with Gasteiger partial charge in [0.15, 0.2) is 0 Å². The van der Waals surface area contributed by atoms with E-state index in [2.05, 4.69) is 4.72 Å². The summed E-state index contributed by atoms with van der Waals surface area (Å²) in [6.45, 7) is 0. The maximum Gasteiger partial charge on any atom is 0.271 e. The van der Waals surface area contributed by atoms with Crippen molar-refractivity contribution >= 4 is 27.3 Å². The quantitative estimate of drug-likeness (QED) is 0.864. The van der Waals surface area contributed by atoms with Crippen molar-refractivity contribution in [3.63, 3.8) is 0 Å². The Hall–Kier alpha value is -1.14. The average molecular weight is 292 g/mol. The highest BCUT2D eigenvalue weighted by Gasteiger charge is 2.33. The van der Waals surface area contributed by atoms with Crippen LogP contribution in [0, 0.1) is 0 Å². The molecule has 18 heavy (non-hydrogen) atoms. The number of nitrogens with one attached hydrogen (secondary N) is 1. The molecular weight excluding hydrogens is 278 g/mol. The lowest BCUT2D eigenvalue weighted by molar-refractivity contribution is 0.258. The number of methoxy groups -OCH3 is 1. The van der Waals surface area contributed by atoms with E-state index in [9.17, 15) is 8.42 Å². The molecule has 1 aromatic rings. The van der Waals surface area contributed by atoms with Crippen LogP contribution < -0.4 is 14.2 Å². The molecule has 0 saturated carbocycles. The van der Waals surface area contributed by atoms with Gasteiger partial charge in [-0.15, -0.1) is 11.6 Å². The molecule has 0 fully saturated rings. The van der Waals surface area contributed by atoms with Crippen molar-refractivity contribution < 1.29 is 17.9 Å². The van der Waals surface area contributed by atoms with E-state index in [0.29, 0.717) is 35.9 Å². The van der Waals surface area contributed by atoms with E-state index in [4.69, 9.17) is 21.1 Å². The summed E-state index contributed by atoms with van der Waals surface area (Å²) in [6.07, 6.45) is 0.932. The monoisotopic (exact) mass is 291 g/mol. The SMILES string of the molecule is COc1ccc2c(c1)OC(CCCCl)S(=O)(=O)N2. The predicted octanol–water partition coefficient (Wildman–Crippen LogP) is 2.17. The molecular formula is C11H14ClNO4S. The molecule has 0 bridgehead atoms.